The number of hydrogen-bond donors (Lipinski definition) is 2. The van der Waals surface area contributed by atoms with E-state index in [0.29, 0.717) is 0 Å². The summed E-state index contributed by atoms with van der Waals surface area (Å²) in [5.41, 5.74) is 0. The van der Waals surface area contributed by atoms with Crippen molar-refractivity contribution in [3.63, 3.8) is 0 Å². The molecule has 0 spiro atoms. The van der Waals surface area contributed by atoms with Crippen molar-refractivity contribution in [3.8, 4) is 0 Å². The Bertz CT molecular complexity index is 594. The normalized spacial score (nSPS) is 24.8. The summed E-state index contributed by atoms with van der Waals surface area (Å²) in [5, 5.41) is 21.9. The number of aliphatic hydroxyl groups excluding tert-OH is 1. The number of nitrogens with zero attached hydrogens (tertiary/aromatic N) is 3. The standard InChI is InChI=1S/C9H12ClN3O5S/c1-12-8(6(10)3-11-12)19(17,18)13-4-5(14)2-7(13)9(15)16/h3,5,7,14H,2,4H2,1H3,(H,15,16)/t5-,7-/m1/s1. The van der Waals surface area contributed by atoms with Crippen molar-refractivity contribution in [3.05, 3.63) is 11.2 Å². The number of aliphatic hydroxyl groups is 1. The van der Waals surface area contributed by atoms with Gasteiger partial charge in [-0.05, 0) is 0 Å². The number of hydrogen-bond acceptors (Lipinski definition) is 5. The van der Waals surface area contributed by atoms with E-state index in [9.17, 15) is 18.3 Å². The van der Waals surface area contributed by atoms with Crippen LogP contribution in [-0.4, -0.2) is 57.4 Å². The van der Waals surface area contributed by atoms with Gasteiger partial charge in [-0.15, -0.1) is 0 Å². The van der Waals surface area contributed by atoms with E-state index in [1.54, 1.807) is 0 Å². The highest BCUT2D eigenvalue weighted by Crippen LogP contribution is 2.29. The minimum Gasteiger partial charge on any atom is -0.480 e. The lowest BCUT2D eigenvalue weighted by atomic mass is 10.2. The summed E-state index contributed by atoms with van der Waals surface area (Å²) in [5.74, 6) is -1.31. The quantitative estimate of drug-likeness (QED) is 0.762. The Morgan fingerprint density at radius 2 is 2.21 bits per heavy atom. The maximum Gasteiger partial charge on any atom is 0.322 e. The maximum atomic E-state index is 12.4. The average Bonchev–Trinajstić information content (AvgIpc) is 2.83. The second-order valence-corrected chi connectivity index (χ2v) is 6.45. The molecule has 0 aromatic carbocycles. The predicted molar refractivity (Wildman–Crippen MR) is 64.2 cm³/mol. The Morgan fingerprint density at radius 3 is 2.68 bits per heavy atom. The molecule has 2 heterocycles. The SMILES string of the molecule is Cn1ncc(Cl)c1S(=O)(=O)N1C[C@H](O)C[C@@H]1C(=O)O. The van der Waals surface area contributed by atoms with Gasteiger partial charge in [0.2, 0.25) is 0 Å². The van der Waals surface area contributed by atoms with Crippen LogP contribution < -0.4 is 0 Å². The molecule has 1 aliphatic rings. The molecule has 106 valence electrons. The van der Waals surface area contributed by atoms with Crippen molar-refractivity contribution in [1.82, 2.24) is 14.1 Å². The highest BCUT2D eigenvalue weighted by molar-refractivity contribution is 7.89. The van der Waals surface area contributed by atoms with Gasteiger partial charge >= 0.3 is 5.97 Å². The van der Waals surface area contributed by atoms with E-state index in [1.807, 2.05) is 0 Å². The number of carboxylic acids is 1. The zero-order valence-corrected chi connectivity index (χ0v) is 11.5. The van der Waals surface area contributed by atoms with Crippen LogP contribution in [0.15, 0.2) is 11.2 Å². The van der Waals surface area contributed by atoms with Crippen LogP contribution in [0.5, 0.6) is 0 Å². The second kappa shape index (κ2) is 4.75. The van der Waals surface area contributed by atoms with Crippen molar-refractivity contribution in [2.24, 2.45) is 7.05 Å². The van der Waals surface area contributed by atoms with Gasteiger partial charge < -0.3 is 10.2 Å². The minimum absolute atomic E-state index is 0.0898. The first-order valence-electron chi connectivity index (χ1n) is 5.35. The van der Waals surface area contributed by atoms with Crippen molar-refractivity contribution in [1.29, 1.82) is 0 Å². The molecule has 0 radical (unpaired) electrons. The zero-order chi connectivity index (χ0) is 14.4. The zero-order valence-electron chi connectivity index (χ0n) is 9.89. The van der Waals surface area contributed by atoms with Crippen molar-refractivity contribution in [2.45, 2.75) is 23.6 Å². The van der Waals surface area contributed by atoms with Gasteiger partial charge in [0.05, 0.1) is 17.3 Å². The summed E-state index contributed by atoms with van der Waals surface area (Å²) in [6, 6.07) is -1.30. The summed E-state index contributed by atoms with van der Waals surface area (Å²) in [6.45, 7) is -0.277. The van der Waals surface area contributed by atoms with Gasteiger partial charge in [-0.1, -0.05) is 11.6 Å². The van der Waals surface area contributed by atoms with Gasteiger partial charge in [0.25, 0.3) is 10.0 Å². The molecule has 19 heavy (non-hydrogen) atoms. The van der Waals surface area contributed by atoms with Crippen LogP contribution in [0.1, 0.15) is 6.42 Å². The fourth-order valence-electron chi connectivity index (χ4n) is 2.08. The Balaban J connectivity index is 2.48. The molecule has 0 amide bonds. The number of sulfonamides is 1. The van der Waals surface area contributed by atoms with E-state index < -0.39 is 28.1 Å². The van der Waals surface area contributed by atoms with Gasteiger partial charge in [0.1, 0.15) is 6.04 Å². The van der Waals surface area contributed by atoms with Gasteiger partial charge in [-0.25, -0.2) is 8.42 Å². The van der Waals surface area contributed by atoms with Crippen LogP contribution in [0.2, 0.25) is 5.02 Å². The summed E-state index contributed by atoms with van der Waals surface area (Å²) in [7, 11) is -2.73. The molecule has 1 aliphatic heterocycles. The molecule has 8 nitrogen and oxygen atoms in total. The topological polar surface area (TPSA) is 113 Å². The van der Waals surface area contributed by atoms with Crippen LogP contribution in [0, 0.1) is 0 Å². The Kier molecular flexibility index (Phi) is 3.56. The largest absolute Gasteiger partial charge is 0.480 e. The molecule has 1 aromatic rings. The first-order valence-corrected chi connectivity index (χ1v) is 7.17. The third kappa shape index (κ3) is 2.34. The number of halogens is 1. The molecule has 0 bridgehead atoms. The lowest BCUT2D eigenvalue weighted by Gasteiger charge is -2.20. The van der Waals surface area contributed by atoms with E-state index in [2.05, 4.69) is 5.10 Å². The average molecular weight is 310 g/mol. The number of carboxylic acid groups (broad SMARTS) is 1. The molecule has 2 atom stereocenters. The van der Waals surface area contributed by atoms with Crippen molar-refractivity contribution >= 4 is 27.6 Å². The van der Waals surface area contributed by atoms with Crippen LogP contribution in [0.4, 0.5) is 0 Å². The molecule has 1 saturated heterocycles. The predicted octanol–water partition coefficient (Wildman–Crippen LogP) is -0.718. The van der Waals surface area contributed by atoms with Crippen molar-refractivity contribution in [2.75, 3.05) is 6.54 Å². The highest BCUT2D eigenvalue weighted by Gasteiger charge is 2.45. The fourth-order valence-corrected chi connectivity index (χ4v) is 4.32. The summed E-state index contributed by atoms with van der Waals surface area (Å²) in [6.07, 6.45) is 0.00341. The van der Waals surface area contributed by atoms with E-state index in [4.69, 9.17) is 16.7 Å². The Labute approximate surface area is 114 Å². The first kappa shape index (κ1) is 14.3. The molecule has 2 N–H and O–H groups in total. The molecule has 1 aromatic heterocycles. The number of aliphatic carboxylic acids is 1. The smallest absolute Gasteiger partial charge is 0.322 e. The number of aryl methyl sites for hydroxylation is 1. The van der Waals surface area contributed by atoms with E-state index >= 15 is 0 Å². The van der Waals surface area contributed by atoms with E-state index in [1.165, 1.54) is 7.05 Å². The monoisotopic (exact) mass is 309 g/mol. The fraction of sp³-hybridized carbons (Fsp3) is 0.556. The van der Waals surface area contributed by atoms with Gasteiger partial charge in [0.15, 0.2) is 5.03 Å². The second-order valence-electron chi connectivity index (χ2n) is 4.24. The van der Waals surface area contributed by atoms with Crippen LogP contribution in [0.3, 0.4) is 0 Å². The molecular weight excluding hydrogens is 298 g/mol. The molecule has 0 saturated carbocycles. The lowest BCUT2D eigenvalue weighted by Crippen LogP contribution is -2.41. The third-order valence-electron chi connectivity index (χ3n) is 2.91. The van der Waals surface area contributed by atoms with Gasteiger partial charge in [-0.2, -0.15) is 9.40 Å². The molecule has 2 rings (SSSR count). The molecular formula is C9H12ClN3O5S. The Hall–Kier alpha value is -1.16. The molecule has 10 heteroatoms. The van der Waals surface area contributed by atoms with Gasteiger partial charge in [0, 0.05) is 20.0 Å². The van der Waals surface area contributed by atoms with Crippen LogP contribution in [0.25, 0.3) is 0 Å². The van der Waals surface area contributed by atoms with Gasteiger partial charge in [-0.3, -0.25) is 9.48 Å². The number of carbonyl (C=O) groups is 1. The number of rotatable bonds is 3. The maximum absolute atomic E-state index is 12.4. The number of β-amino-alcohol motifs (C(OH)–C–C–N with tert-alkyl or cyclic N) is 1. The third-order valence-corrected chi connectivity index (χ3v) is 5.30. The summed E-state index contributed by atoms with van der Waals surface area (Å²) >= 11 is 5.77. The van der Waals surface area contributed by atoms with Crippen molar-refractivity contribution < 1.29 is 23.4 Å². The number of aromatic nitrogens is 2. The van der Waals surface area contributed by atoms with E-state index in [0.717, 1.165) is 15.2 Å². The highest BCUT2D eigenvalue weighted by atomic mass is 35.5. The molecule has 0 aliphatic carbocycles. The van der Waals surface area contributed by atoms with E-state index in [-0.39, 0.29) is 23.0 Å². The molecule has 1 fully saturated rings. The van der Waals surface area contributed by atoms with Crippen LogP contribution in [-0.2, 0) is 21.9 Å². The first-order chi connectivity index (χ1) is 8.75. The summed E-state index contributed by atoms with van der Waals surface area (Å²) in [4.78, 5) is 11.1. The molecule has 0 unspecified atom stereocenters. The summed E-state index contributed by atoms with van der Waals surface area (Å²) < 4.78 is 26.6. The lowest BCUT2D eigenvalue weighted by molar-refractivity contribution is -0.140. The minimum atomic E-state index is -4.12. The Morgan fingerprint density at radius 1 is 1.58 bits per heavy atom. The van der Waals surface area contributed by atoms with Crippen LogP contribution >= 0.6 is 11.6 Å².